The first-order valence-electron chi connectivity index (χ1n) is 6.90. The molecular formula is C15H25BrN2O. The Morgan fingerprint density at radius 2 is 2.11 bits per heavy atom. The smallest absolute Gasteiger partial charge is 0.0637 e. The van der Waals surface area contributed by atoms with E-state index in [0.717, 1.165) is 37.0 Å². The van der Waals surface area contributed by atoms with Gasteiger partial charge in [0.15, 0.2) is 0 Å². The van der Waals surface area contributed by atoms with Gasteiger partial charge in [-0.25, -0.2) is 0 Å². The van der Waals surface area contributed by atoms with Crippen LogP contribution in [0.15, 0.2) is 22.7 Å². The molecule has 1 unspecified atom stereocenters. The summed E-state index contributed by atoms with van der Waals surface area (Å²) in [5, 5.41) is 0. The van der Waals surface area contributed by atoms with Crippen LogP contribution in [-0.2, 0) is 11.2 Å². The summed E-state index contributed by atoms with van der Waals surface area (Å²) in [5.74, 6) is 0. The van der Waals surface area contributed by atoms with Crippen molar-refractivity contribution in [3.8, 4) is 0 Å². The van der Waals surface area contributed by atoms with Gasteiger partial charge in [0, 0.05) is 36.4 Å². The lowest BCUT2D eigenvalue weighted by Crippen LogP contribution is -2.29. The maximum absolute atomic E-state index is 6.11. The van der Waals surface area contributed by atoms with Crippen molar-refractivity contribution in [2.75, 3.05) is 31.7 Å². The molecule has 1 aromatic carbocycles. The number of benzene rings is 1. The fourth-order valence-electron chi connectivity index (χ4n) is 2.10. The molecule has 19 heavy (non-hydrogen) atoms. The van der Waals surface area contributed by atoms with E-state index in [0.29, 0.717) is 0 Å². The van der Waals surface area contributed by atoms with E-state index in [1.807, 2.05) is 0 Å². The number of hydrogen-bond donors (Lipinski definition) is 1. The third-order valence-electron chi connectivity index (χ3n) is 3.34. The molecule has 2 N–H and O–H groups in total. The van der Waals surface area contributed by atoms with Crippen LogP contribution in [0.1, 0.15) is 25.8 Å². The minimum atomic E-state index is 0.217. The molecule has 108 valence electrons. The number of hydrogen-bond acceptors (Lipinski definition) is 3. The summed E-state index contributed by atoms with van der Waals surface area (Å²) in [6.07, 6.45) is 1.91. The molecule has 0 fully saturated rings. The molecule has 0 heterocycles. The Balaban J connectivity index is 2.96. The molecule has 0 spiro atoms. The van der Waals surface area contributed by atoms with E-state index in [1.54, 1.807) is 7.11 Å². The molecule has 4 heteroatoms. The first-order chi connectivity index (χ1) is 9.12. The number of methoxy groups -OCH3 is 1. The highest BCUT2D eigenvalue weighted by molar-refractivity contribution is 9.10. The van der Waals surface area contributed by atoms with Gasteiger partial charge in [0.2, 0.25) is 0 Å². The predicted octanol–water partition coefficient (Wildman–Crippen LogP) is 3.20. The zero-order chi connectivity index (χ0) is 14.3. The topological polar surface area (TPSA) is 38.5 Å². The van der Waals surface area contributed by atoms with Gasteiger partial charge >= 0.3 is 0 Å². The van der Waals surface area contributed by atoms with Crippen LogP contribution in [0.25, 0.3) is 0 Å². The summed E-state index contributed by atoms with van der Waals surface area (Å²) < 4.78 is 6.29. The van der Waals surface area contributed by atoms with Crippen LogP contribution < -0.4 is 10.6 Å². The zero-order valence-corrected chi connectivity index (χ0v) is 13.7. The molecule has 1 atom stereocenters. The lowest BCUT2D eigenvalue weighted by atomic mass is 10.0. The van der Waals surface area contributed by atoms with E-state index in [4.69, 9.17) is 10.5 Å². The van der Waals surface area contributed by atoms with Crippen LogP contribution in [0.3, 0.4) is 0 Å². The summed E-state index contributed by atoms with van der Waals surface area (Å²) in [7, 11) is 1.74. The number of halogens is 1. The molecule has 0 aliphatic carbocycles. The van der Waals surface area contributed by atoms with E-state index in [1.165, 1.54) is 11.3 Å². The van der Waals surface area contributed by atoms with Crippen LogP contribution in [0, 0.1) is 0 Å². The van der Waals surface area contributed by atoms with Crippen molar-refractivity contribution < 1.29 is 4.74 Å². The van der Waals surface area contributed by atoms with Gasteiger partial charge in [0.05, 0.1) is 6.61 Å². The zero-order valence-electron chi connectivity index (χ0n) is 12.2. The van der Waals surface area contributed by atoms with Gasteiger partial charge in [-0.05, 0) is 43.5 Å². The maximum atomic E-state index is 6.11. The SMILES string of the molecule is CCC(N)Cc1cc(Br)ccc1N(CC)CCOC. The Hall–Kier alpha value is -0.580. The lowest BCUT2D eigenvalue weighted by Gasteiger charge is -2.26. The van der Waals surface area contributed by atoms with Crippen LogP contribution >= 0.6 is 15.9 Å². The molecule has 0 bridgehead atoms. The third-order valence-corrected chi connectivity index (χ3v) is 3.83. The van der Waals surface area contributed by atoms with Gasteiger partial charge in [0.1, 0.15) is 0 Å². The minimum Gasteiger partial charge on any atom is -0.383 e. The minimum absolute atomic E-state index is 0.217. The molecule has 0 amide bonds. The van der Waals surface area contributed by atoms with Crippen molar-refractivity contribution in [1.29, 1.82) is 0 Å². The summed E-state index contributed by atoms with van der Waals surface area (Å²) in [4.78, 5) is 2.34. The van der Waals surface area contributed by atoms with Gasteiger partial charge in [0.25, 0.3) is 0 Å². The molecule has 0 radical (unpaired) electrons. The van der Waals surface area contributed by atoms with E-state index < -0.39 is 0 Å². The van der Waals surface area contributed by atoms with Crippen LogP contribution in [0.5, 0.6) is 0 Å². The molecular weight excluding hydrogens is 304 g/mol. The van der Waals surface area contributed by atoms with E-state index >= 15 is 0 Å². The quantitative estimate of drug-likeness (QED) is 0.796. The molecule has 0 aliphatic heterocycles. The average molecular weight is 329 g/mol. The number of nitrogens with two attached hydrogens (primary N) is 1. The van der Waals surface area contributed by atoms with Gasteiger partial charge in [-0.3, -0.25) is 0 Å². The van der Waals surface area contributed by atoms with Crippen molar-refractivity contribution in [3.63, 3.8) is 0 Å². The van der Waals surface area contributed by atoms with E-state index in [2.05, 4.69) is 52.9 Å². The van der Waals surface area contributed by atoms with Crippen molar-refractivity contribution in [2.45, 2.75) is 32.7 Å². The highest BCUT2D eigenvalue weighted by Gasteiger charge is 2.12. The third kappa shape index (κ3) is 5.13. The van der Waals surface area contributed by atoms with Gasteiger partial charge in [-0.2, -0.15) is 0 Å². The van der Waals surface area contributed by atoms with Gasteiger partial charge in [-0.15, -0.1) is 0 Å². The monoisotopic (exact) mass is 328 g/mol. The number of anilines is 1. The Kier molecular flexibility index (Phi) is 7.42. The molecule has 1 rings (SSSR count). The van der Waals surface area contributed by atoms with Gasteiger partial charge in [-0.1, -0.05) is 22.9 Å². The Morgan fingerprint density at radius 3 is 2.68 bits per heavy atom. The molecule has 0 saturated heterocycles. The second-order valence-corrected chi connectivity index (χ2v) is 5.63. The van der Waals surface area contributed by atoms with Crippen LogP contribution in [-0.4, -0.2) is 32.8 Å². The largest absolute Gasteiger partial charge is 0.383 e. The molecule has 1 aromatic rings. The Labute approximate surface area is 125 Å². The fourth-order valence-corrected chi connectivity index (χ4v) is 2.51. The van der Waals surface area contributed by atoms with Crippen molar-refractivity contribution in [3.05, 3.63) is 28.2 Å². The maximum Gasteiger partial charge on any atom is 0.0637 e. The second-order valence-electron chi connectivity index (χ2n) is 4.72. The van der Waals surface area contributed by atoms with E-state index in [-0.39, 0.29) is 6.04 Å². The molecule has 0 aromatic heterocycles. The highest BCUT2D eigenvalue weighted by Crippen LogP contribution is 2.26. The Bertz CT molecular complexity index is 384. The summed E-state index contributed by atoms with van der Waals surface area (Å²) in [5.41, 5.74) is 8.68. The van der Waals surface area contributed by atoms with Crippen molar-refractivity contribution >= 4 is 21.6 Å². The van der Waals surface area contributed by atoms with Gasteiger partial charge < -0.3 is 15.4 Å². The number of nitrogens with zero attached hydrogens (tertiary/aromatic N) is 1. The van der Waals surface area contributed by atoms with Crippen molar-refractivity contribution in [2.24, 2.45) is 5.73 Å². The first-order valence-corrected chi connectivity index (χ1v) is 7.69. The first kappa shape index (κ1) is 16.5. The molecule has 0 saturated carbocycles. The lowest BCUT2D eigenvalue weighted by molar-refractivity contribution is 0.205. The number of likely N-dealkylation sites (N-methyl/N-ethyl adjacent to an activating group) is 1. The standard InChI is InChI=1S/C15H25BrN2O/c1-4-14(17)11-12-10-13(16)6-7-15(12)18(5-2)8-9-19-3/h6-7,10,14H,4-5,8-9,11,17H2,1-3H3. The number of rotatable bonds is 8. The normalized spacial score (nSPS) is 12.5. The average Bonchev–Trinajstić information content (AvgIpc) is 2.41. The highest BCUT2D eigenvalue weighted by atomic mass is 79.9. The number of ether oxygens (including phenoxy) is 1. The molecule has 0 aliphatic rings. The van der Waals surface area contributed by atoms with E-state index in [9.17, 15) is 0 Å². The van der Waals surface area contributed by atoms with Crippen LogP contribution in [0.4, 0.5) is 5.69 Å². The fraction of sp³-hybridized carbons (Fsp3) is 0.600. The summed E-state index contributed by atoms with van der Waals surface area (Å²) >= 11 is 3.55. The Morgan fingerprint density at radius 1 is 1.37 bits per heavy atom. The van der Waals surface area contributed by atoms with Crippen molar-refractivity contribution in [1.82, 2.24) is 0 Å². The summed E-state index contributed by atoms with van der Waals surface area (Å²) in [6.45, 7) is 6.91. The molecule has 3 nitrogen and oxygen atoms in total. The predicted molar refractivity (Wildman–Crippen MR) is 85.9 cm³/mol. The second kappa shape index (κ2) is 8.56. The summed E-state index contributed by atoms with van der Waals surface area (Å²) in [6, 6.07) is 6.65. The van der Waals surface area contributed by atoms with Crippen LogP contribution in [0.2, 0.25) is 0 Å².